The fraction of sp³-hybridized carbons (Fsp3) is 0.364. The van der Waals surface area contributed by atoms with Crippen LogP contribution in [-0.2, 0) is 16.0 Å². The molecule has 1 N–H and O–H groups in total. The van der Waals surface area contributed by atoms with Crippen LogP contribution in [0.1, 0.15) is 25.3 Å². The molecule has 0 bridgehead atoms. The molecule has 0 radical (unpaired) electrons. The quantitative estimate of drug-likeness (QED) is 0.658. The number of hydrogen-bond acceptors (Lipinski definition) is 6. The Kier molecular flexibility index (Phi) is 6.23. The van der Waals surface area contributed by atoms with Gasteiger partial charge in [0.1, 0.15) is 10.3 Å². The first-order valence-electron chi connectivity index (χ1n) is 10.3. The molecule has 0 spiro atoms. The first kappa shape index (κ1) is 20.3. The first-order chi connectivity index (χ1) is 14.6. The van der Waals surface area contributed by atoms with E-state index in [0.29, 0.717) is 13.1 Å². The fourth-order valence-electron chi connectivity index (χ4n) is 3.58. The summed E-state index contributed by atoms with van der Waals surface area (Å²) in [6.07, 6.45) is 3.05. The Morgan fingerprint density at radius 1 is 1.07 bits per heavy atom. The summed E-state index contributed by atoms with van der Waals surface area (Å²) in [5.74, 6) is -0.0931. The minimum Gasteiger partial charge on any atom is -0.344 e. The average Bonchev–Trinajstić information content (AvgIpc) is 3.22. The fourth-order valence-corrected chi connectivity index (χ4v) is 4.54. The molecule has 2 amide bonds. The molecule has 156 valence electrons. The van der Waals surface area contributed by atoms with Crippen LogP contribution in [0.5, 0.6) is 0 Å². The molecule has 2 aromatic heterocycles. The molecule has 0 unspecified atom stereocenters. The molecule has 1 saturated heterocycles. The van der Waals surface area contributed by atoms with Crippen molar-refractivity contribution >= 4 is 44.3 Å². The Labute approximate surface area is 179 Å². The number of piperazine rings is 1. The number of nitrogens with one attached hydrogen (secondary N) is 1. The van der Waals surface area contributed by atoms with Crippen molar-refractivity contribution in [3.8, 4) is 0 Å². The monoisotopic (exact) mass is 423 g/mol. The van der Waals surface area contributed by atoms with Crippen LogP contribution >= 0.6 is 11.3 Å². The highest BCUT2D eigenvalue weighted by molar-refractivity contribution is 7.21. The van der Waals surface area contributed by atoms with Crippen molar-refractivity contribution < 1.29 is 9.59 Å². The van der Waals surface area contributed by atoms with Crippen LogP contribution in [0, 0.1) is 0 Å². The SMILES string of the molecule is CCc1ccccc1NC(=O)CCC(=O)N1CCN(c2nc3cccnc3s2)CC1. The number of aromatic nitrogens is 2. The van der Waals surface area contributed by atoms with E-state index in [2.05, 4.69) is 27.1 Å². The van der Waals surface area contributed by atoms with Crippen molar-refractivity contribution in [2.45, 2.75) is 26.2 Å². The molecule has 1 fully saturated rings. The van der Waals surface area contributed by atoms with E-state index in [1.165, 1.54) is 0 Å². The summed E-state index contributed by atoms with van der Waals surface area (Å²) in [5.41, 5.74) is 2.83. The van der Waals surface area contributed by atoms with Gasteiger partial charge in [-0.3, -0.25) is 9.59 Å². The smallest absolute Gasteiger partial charge is 0.224 e. The lowest BCUT2D eigenvalue weighted by Gasteiger charge is -2.34. The number of pyridine rings is 1. The highest BCUT2D eigenvalue weighted by Gasteiger charge is 2.23. The van der Waals surface area contributed by atoms with E-state index in [0.717, 1.165) is 46.2 Å². The summed E-state index contributed by atoms with van der Waals surface area (Å²) >= 11 is 1.58. The molecule has 3 heterocycles. The number of nitrogens with zero attached hydrogens (tertiary/aromatic N) is 4. The van der Waals surface area contributed by atoms with E-state index in [1.54, 1.807) is 17.5 Å². The van der Waals surface area contributed by atoms with Crippen molar-refractivity contribution in [3.05, 3.63) is 48.2 Å². The lowest BCUT2D eigenvalue weighted by atomic mass is 10.1. The van der Waals surface area contributed by atoms with Crippen molar-refractivity contribution in [3.63, 3.8) is 0 Å². The number of aryl methyl sites for hydroxylation is 1. The third-order valence-corrected chi connectivity index (χ3v) is 6.34. The number of hydrogen-bond donors (Lipinski definition) is 1. The van der Waals surface area contributed by atoms with Gasteiger partial charge in [-0.2, -0.15) is 0 Å². The highest BCUT2D eigenvalue weighted by Crippen LogP contribution is 2.27. The van der Waals surface area contributed by atoms with Crippen LogP contribution in [0.3, 0.4) is 0 Å². The predicted octanol–water partition coefficient (Wildman–Crippen LogP) is 3.32. The zero-order valence-electron chi connectivity index (χ0n) is 17.0. The maximum Gasteiger partial charge on any atom is 0.224 e. The predicted molar refractivity (Wildman–Crippen MR) is 120 cm³/mol. The standard InChI is InChI=1S/C22H25N5O2S/c1-2-16-6-3-4-7-17(16)24-19(28)9-10-20(29)26-12-14-27(15-13-26)22-25-18-8-5-11-23-21(18)30-22/h3-8,11H,2,9-10,12-15H2,1H3,(H,24,28). The molecule has 30 heavy (non-hydrogen) atoms. The number of fused-ring (bicyclic) bond motifs is 1. The van der Waals surface area contributed by atoms with Gasteiger partial charge < -0.3 is 15.1 Å². The minimum absolute atomic E-state index is 0.0274. The van der Waals surface area contributed by atoms with Crippen molar-refractivity contribution in [1.82, 2.24) is 14.9 Å². The van der Waals surface area contributed by atoms with Crippen LogP contribution in [-0.4, -0.2) is 52.9 Å². The summed E-state index contributed by atoms with van der Waals surface area (Å²) in [5, 5.41) is 3.88. The molecule has 1 aliphatic rings. The lowest BCUT2D eigenvalue weighted by Crippen LogP contribution is -2.48. The molecule has 8 heteroatoms. The molecular weight excluding hydrogens is 398 g/mol. The topological polar surface area (TPSA) is 78.4 Å². The second kappa shape index (κ2) is 9.21. The normalized spacial score (nSPS) is 14.2. The third kappa shape index (κ3) is 4.59. The molecule has 0 atom stereocenters. The zero-order chi connectivity index (χ0) is 20.9. The van der Waals surface area contributed by atoms with Crippen molar-refractivity contribution in [2.24, 2.45) is 0 Å². The van der Waals surface area contributed by atoms with Gasteiger partial charge in [-0.05, 0) is 30.2 Å². The molecule has 1 aromatic carbocycles. The number of amides is 2. The van der Waals surface area contributed by atoms with E-state index < -0.39 is 0 Å². The van der Waals surface area contributed by atoms with Crippen LogP contribution in [0.25, 0.3) is 10.3 Å². The number of rotatable bonds is 6. The molecule has 0 aliphatic carbocycles. The van der Waals surface area contributed by atoms with Crippen LogP contribution in [0.2, 0.25) is 0 Å². The number of carbonyl (C=O) groups is 2. The maximum atomic E-state index is 12.6. The third-order valence-electron chi connectivity index (χ3n) is 5.30. The Hall–Kier alpha value is -3.00. The van der Waals surface area contributed by atoms with Gasteiger partial charge in [0.15, 0.2) is 5.13 Å². The summed E-state index contributed by atoms with van der Waals surface area (Å²) in [6, 6.07) is 11.6. The number of thiazole rings is 1. The van der Waals surface area contributed by atoms with Gasteiger partial charge in [-0.1, -0.05) is 36.5 Å². The van der Waals surface area contributed by atoms with E-state index in [9.17, 15) is 9.59 Å². The van der Waals surface area contributed by atoms with E-state index >= 15 is 0 Å². The van der Waals surface area contributed by atoms with Crippen LogP contribution in [0.15, 0.2) is 42.6 Å². The van der Waals surface area contributed by atoms with Gasteiger partial charge in [-0.25, -0.2) is 9.97 Å². The number of anilines is 2. The number of benzene rings is 1. The van der Waals surface area contributed by atoms with Gasteiger partial charge in [0.05, 0.1) is 0 Å². The Bertz CT molecular complexity index is 1010. The lowest BCUT2D eigenvalue weighted by molar-refractivity contribution is -0.133. The number of carbonyl (C=O) groups excluding carboxylic acids is 2. The molecule has 4 rings (SSSR count). The second-order valence-electron chi connectivity index (χ2n) is 7.25. The van der Waals surface area contributed by atoms with Gasteiger partial charge in [0, 0.05) is 50.9 Å². The molecule has 0 saturated carbocycles. The van der Waals surface area contributed by atoms with Gasteiger partial charge >= 0.3 is 0 Å². The van der Waals surface area contributed by atoms with E-state index in [-0.39, 0.29) is 24.7 Å². The van der Waals surface area contributed by atoms with Crippen molar-refractivity contribution in [1.29, 1.82) is 0 Å². The molecule has 7 nitrogen and oxygen atoms in total. The molecular formula is C22H25N5O2S. The summed E-state index contributed by atoms with van der Waals surface area (Å²) in [6.45, 7) is 4.81. The van der Waals surface area contributed by atoms with E-state index in [4.69, 9.17) is 0 Å². The second-order valence-corrected chi connectivity index (χ2v) is 8.21. The highest BCUT2D eigenvalue weighted by atomic mass is 32.1. The largest absolute Gasteiger partial charge is 0.344 e. The Balaban J connectivity index is 1.25. The summed E-state index contributed by atoms with van der Waals surface area (Å²) < 4.78 is 0. The Morgan fingerprint density at radius 2 is 1.87 bits per heavy atom. The minimum atomic E-state index is -0.120. The molecule has 3 aromatic rings. The van der Waals surface area contributed by atoms with Gasteiger partial charge in [0.2, 0.25) is 11.8 Å². The van der Waals surface area contributed by atoms with Crippen LogP contribution < -0.4 is 10.2 Å². The zero-order valence-corrected chi connectivity index (χ0v) is 17.8. The van der Waals surface area contributed by atoms with Crippen molar-refractivity contribution in [2.75, 3.05) is 36.4 Å². The van der Waals surface area contributed by atoms with Gasteiger partial charge in [-0.15, -0.1) is 0 Å². The maximum absolute atomic E-state index is 12.6. The summed E-state index contributed by atoms with van der Waals surface area (Å²) in [7, 11) is 0. The van der Waals surface area contributed by atoms with Crippen LogP contribution in [0.4, 0.5) is 10.8 Å². The first-order valence-corrected chi connectivity index (χ1v) is 11.1. The number of para-hydroxylation sites is 1. The average molecular weight is 424 g/mol. The molecule has 1 aliphatic heterocycles. The Morgan fingerprint density at radius 3 is 2.63 bits per heavy atom. The van der Waals surface area contributed by atoms with Gasteiger partial charge in [0.25, 0.3) is 0 Å². The van der Waals surface area contributed by atoms with E-state index in [1.807, 2.05) is 41.3 Å². The summed E-state index contributed by atoms with van der Waals surface area (Å²) in [4.78, 5) is 38.8.